The quantitative estimate of drug-likeness (QED) is 0.507. The SMILES string of the molecule is CCc1cnc(OC2CCC(n3cc(COc4ccc(S(C)(=O)=O)cc4)nn3)CC2)nc1. The van der Waals surface area contributed by atoms with E-state index in [4.69, 9.17) is 9.47 Å². The zero-order chi connectivity index (χ0) is 22.6. The number of aryl methyl sites for hydroxylation is 1. The second-order valence-corrected chi connectivity index (χ2v) is 10.0. The molecule has 1 aliphatic rings. The molecule has 170 valence electrons. The third-order valence-electron chi connectivity index (χ3n) is 5.58. The van der Waals surface area contributed by atoms with Gasteiger partial charge in [0.2, 0.25) is 0 Å². The van der Waals surface area contributed by atoms with Gasteiger partial charge in [0.1, 0.15) is 24.2 Å². The minimum atomic E-state index is -3.22. The van der Waals surface area contributed by atoms with Crippen molar-refractivity contribution in [2.24, 2.45) is 0 Å². The van der Waals surface area contributed by atoms with E-state index >= 15 is 0 Å². The number of nitrogens with zero attached hydrogens (tertiary/aromatic N) is 5. The third-order valence-corrected chi connectivity index (χ3v) is 6.70. The molecule has 0 unspecified atom stereocenters. The summed E-state index contributed by atoms with van der Waals surface area (Å²) in [5.41, 5.74) is 1.82. The lowest BCUT2D eigenvalue weighted by molar-refractivity contribution is 0.118. The Balaban J connectivity index is 1.26. The van der Waals surface area contributed by atoms with Gasteiger partial charge >= 0.3 is 6.01 Å². The average Bonchev–Trinajstić information content (AvgIpc) is 3.27. The fourth-order valence-corrected chi connectivity index (χ4v) is 4.29. The number of hydrogen-bond acceptors (Lipinski definition) is 8. The Morgan fingerprint density at radius 3 is 2.38 bits per heavy atom. The average molecular weight is 458 g/mol. The van der Waals surface area contributed by atoms with E-state index in [-0.39, 0.29) is 23.6 Å². The summed E-state index contributed by atoms with van der Waals surface area (Å²) in [5, 5.41) is 8.48. The zero-order valence-corrected chi connectivity index (χ0v) is 19.0. The van der Waals surface area contributed by atoms with Crippen LogP contribution in [0.5, 0.6) is 11.8 Å². The molecule has 1 saturated carbocycles. The second kappa shape index (κ2) is 9.64. The molecule has 1 fully saturated rings. The summed E-state index contributed by atoms with van der Waals surface area (Å²) < 4.78 is 36.6. The van der Waals surface area contributed by atoms with Crippen LogP contribution in [0.15, 0.2) is 47.8 Å². The summed E-state index contributed by atoms with van der Waals surface area (Å²) in [6.07, 6.45) is 11.4. The van der Waals surface area contributed by atoms with E-state index in [0.29, 0.717) is 11.8 Å². The molecule has 0 spiro atoms. The first-order chi connectivity index (χ1) is 15.4. The lowest BCUT2D eigenvalue weighted by atomic mass is 9.93. The molecular formula is C22H27N5O4S. The number of aromatic nitrogens is 5. The largest absolute Gasteiger partial charge is 0.487 e. The van der Waals surface area contributed by atoms with Gasteiger partial charge in [-0.1, -0.05) is 12.1 Å². The molecule has 10 heteroatoms. The van der Waals surface area contributed by atoms with Gasteiger partial charge < -0.3 is 9.47 Å². The van der Waals surface area contributed by atoms with Crippen LogP contribution >= 0.6 is 0 Å². The standard InChI is InChI=1S/C22H27N5O4S/c1-3-16-12-23-22(24-13-16)31-20-6-4-18(5-7-20)27-14-17(25-26-27)15-30-19-8-10-21(11-9-19)32(2,28)29/h8-14,18,20H,3-7,15H2,1-2H3. The molecule has 0 amide bonds. The van der Waals surface area contributed by atoms with Crippen molar-refractivity contribution in [1.29, 1.82) is 0 Å². The molecule has 1 aromatic carbocycles. The predicted molar refractivity (Wildman–Crippen MR) is 117 cm³/mol. The van der Waals surface area contributed by atoms with Crippen LogP contribution in [-0.4, -0.2) is 45.7 Å². The molecule has 1 aliphatic carbocycles. The molecule has 0 N–H and O–H groups in total. The number of sulfone groups is 1. The van der Waals surface area contributed by atoms with Crippen molar-refractivity contribution in [3.63, 3.8) is 0 Å². The van der Waals surface area contributed by atoms with E-state index < -0.39 is 9.84 Å². The maximum absolute atomic E-state index is 11.5. The van der Waals surface area contributed by atoms with E-state index in [2.05, 4.69) is 27.2 Å². The smallest absolute Gasteiger partial charge is 0.316 e. The molecule has 0 aliphatic heterocycles. The van der Waals surface area contributed by atoms with E-state index in [1.165, 1.54) is 18.4 Å². The molecule has 3 aromatic rings. The highest BCUT2D eigenvalue weighted by Crippen LogP contribution is 2.30. The monoisotopic (exact) mass is 457 g/mol. The summed E-state index contributed by atoms with van der Waals surface area (Å²) in [6, 6.07) is 7.06. The molecule has 4 rings (SSSR count). The van der Waals surface area contributed by atoms with E-state index in [1.54, 1.807) is 12.1 Å². The Bertz CT molecular complexity index is 1120. The summed E-state index contributed by atoms with van der Waals surface area (Å²) in [7, 11) is -3.22. The van der Waals surface area contributed by atoms with Crippen LogP contribution in [0.3, 0.4) is 0 Å². The molecule has 32 heavy (non-hydrogen) atoms. The summed E-state index contributed by atoms with van der Waals surface area (Å²) >= 11 is 0. The van der Waals surface area contributed by atoms with E-state index in [0.717, 1.165) is 43.4 Å². The van der Waals surface area contributed by atoms with E-state index in [1.807, 2.05) is 23.3 Å². The third kappa shape index (κ3) is 5.61. The fourth-order valence-electron chi connectivity index (χ4n) is 3.66. The zero-order valence-electron chi connectivity index (χ0n) is 18.2. The van der Waals surface area contributed by atoms with Gasteiger partial charge in [-0.05, 0) is 61.9 Å². The lowest BCUT2D eigenvalue weighted by Crippen LogP contribution is -2.26. The van der Waals surface area contributed by atoms with Crippen LogP contribution in [0.1, 0.15) is 49.9 Å². The minimum Gasteiger partial charge on any atom is -0.487 e. The van der Waals surface area contributed by atoms with Crippen LogP contribution < -0.4 is 9.47 Å². The Labute approximate surface area is 187 Å². The predicted octanol–water partition coefficient (Wildman–Crippen LogP) is 3.18. The topological polar surface area (TPSA) is 109 Å². The molecule has 2 heterocycles. The number of rotatable bonds is 8. The number of hydrogen-bond donors (Lipinski definition) is 0. The van der Waals surface area contributed by atoms with Gasteiger partial charge in [-0.15, -0.1) is 5.10 Å². The second-order valence-electron chi connectivity index (χ2n) is 8.00. The van der Waals surface area contributed by atoms with Crippen molar-refractivity contribution in [3.8, 4) is 11.8 Å². The van der Waals surface area contributed by atoms with Crippen molar-refractivity contribution in [2.75, 3.05) is 6.26 Å². The maximum Gasteiger partial charge on any atom is 0.316 e. The Hall–Kier alpha value is -3.01. The Kier molecular flexibility index (Phi) is 6.69. The highest BCUT2D eigenvalue weighted by Gasteiger charge is 2.25. The van der Waals surface area contributed by atoms with Crippen molar-refractivity contribution in [3.05, 3.63) is 54.1 Å². The lowest BCUT2D eigenvalue weighted by Gasteiger charge is -2.28. The van der Waals surface area contributed by atoms with Gasteiger partial charge in [-0.25, -0.2) is 23.1 Å². The summed E-state index contributed by atoms with van der Waals surface area (Å²) in [4.78, 5) is 8.83. The van der Waals surface area contributed by atoms with Crippen molar-refractivity contribution < 1.29 is 17.9 Å². The van der Waals surface area contributed by atoms with Gasteiger partial charge in [-0.3, -0.25) is 0 Å². The highest BCUT2D eigenvalue weighted by molar-refractivity contribution is 7.90. The number of benzene rings is 1. The first-order valence-electron chi connectivity index (χ1n) is 10.7. The molecule has 0 bridgehead atoms. The van der Waals surface area contributed by atoms with Gasteiger partial charge in [0.05, 0.1) is 17.1 Å². The van der Waals surface area contributed by atoms with Crippen LogP contribution in [0.2, 0.25) is 0 Å². The first-order valence-corrected chi connectivity index (χ1v) is 12.6. The van der Waals surface area contributed by atoms with Crippen LogP contribution in [-0.2, 0) is 22.9 Å². The van der Waals surface area contributed by atoms with Crippen LogP contribution in [0.4, 0.5) is 0 Å². The van der Waals surface area contributed by atoms with Gasteiger partial charge in [0, 0.05) is 18.6 Å². The van der Waals surface area contributed by atoms with Crippen LogP contribution in [0.25, 0.3) is 0 Å². The van der Waals surface area contributed by atoms with E-state index in [9.17, 15) is 8.42 Å². The number of ether oxygens (including phenoxy) is 2. The van der Waals surface area contributed by atoms with Crippen molar-refractivity contribution >= 4 is 9.84 Å². The van der Waals surface area contributed by atoms with Gasteiger partial charge in [-0.2, -0.15) is 0 Å². The molecule has 0 radical (unpaired) electrons. The first kappa shape index (κ1) is 22.2. The van der Waals surface area contributed by atoms with Crippen molar-refractivity contribution in [2.45, 2.75) is 62.7 Å². The minimum absolute atomic E-state index is 0.111. The Morgan fingerprint density at radius 2 is 1.75 bits per heavy atom. The molecule has 0 saturated heterocycles. The summed E-state index contributed by atoms with van der Waals surface area (Å²) in [5.74, 6) is 0.582. The molecule has 2 aromatic heterocycles. The fraction of sp³-hybridized carbons (Fsp3) is 0.455. The highest BCUT2D eigenvalue weighted by atomic mass is 32.2. The van der Waals surface area contributed by atoms with Crippen LogP contribution in [0, 0.1) is 0 Å². The van der Waals surface area contributed by atoms with Gasteiger partial charge in [0.25, 0.3) is 0 Å². The summed E-state index contributed by atoms with van der Waals surface area (Å²) in [6.45, 7) is 2.34. The molecule has 0 atom stereocenters. The normalized spacial score (nSPS) is 18.9. The molecule has 9 nitrogen and oxygen atoms in total. The Morgan fingerprint density at radius 1 is 1.06 bits per heavy atom. The van der Waals surface area contributed by atoms with Gasteiger partial charge in [0.15, 0.2) is 9.84 Å². The molecular weight excluding hydrogens is 430 g/mol. The maximum atomic E-state index is 11.5. The van der Waals surface area contributed by atoms with Crippen molar-refractivity contribution in [1.82, 2.24) is 25.0 Å².